The van der Waals surface area contributed by atoms with Gasteiger partial charge in [-0.2, -0.15) is 0 Å². The van der Waals surface area contributed by atoms with Gasteiger partial charge in [0.2, 0.25) is 11.3 Å². The molecule has 9 nitrogen and oxygen atoms in total. The molecule has 0 spiro atoms. The van der Waals surface area contributed by atoms with E-state index >= 15 is 4.39 Å². The lowest BCUT2D eigenvalue weighted by Gasteiger charge is -2.22. The van der Waals surface area contributed by atoms with E-state index in [1.165, 1.54) is 37.1 Å². The summed E-state index contributed by atoms with van der Waals surface area (Å²) in [7, 11) is 2.85. The largest absolute Gasteiger partial charge is 0.496 e. The van der Waals surface area contributed by atoms with Gasteiger partial charge in [0.25, 0.3) is 0 Å². The third-order valence-corrected chi connectivity index (χ3v) is 6.76. The number of carboxylic acids is 1. The molecule has 0 bridgehead atoms. The average molecular weight is 533 g/mol. The number of ether oxygens (including phenoxy) is 2. The van der Waals surface area contributed by atoms with Crippen LogP contribution in [0.2, 0.25) is 5.02 Å². The first-order valence-corrected chi connectivity index (χ1v) is 11.9. The van der Waals surface area contributed by atoms with E-state index in [1.807, 2.05) is 0 Å². The Morgan fingerprint density at radius 1 is 1.19 bits per heavy atom. The van der Waals surface area contributed by atoms with Gasteiger partial charge in [-0.05, 0) is 35.7 Å². The first-order chi connectivity index (χ1) is 17.7. The highest BCUT2D eigenvalue weighted by Crippen LogP contribution is 2.33. The minimum atomic E-state index is -1.42. The number of carboxylic acid groups (broad SMARTS) is 1. The van der Waals surface area contributed by atoms with Crippen molar-refractivity contribution in [2.75, 3.05) is 38.9 Å². The normalized spacial score (nSPS) is 14.4. The topological polar surface area (TPSA) is 118 Å². The van der Waals surface area contributed by atoms with Crippen LogP contribution in [0, 0.1) is 5.82 Å². The van der Waals surface area contributed by atoms with Crippen LogP contribution in [0.5, 0.6) is 5.75 Å². The number of aliphatic hydroxyl groups is 1. The van der Waals surface area contributed by atoms with Crippen LogP contribution in [0.3, 0.4) is 0 Å². The number of fused-ring (bicyclic) bond motifs is 1. The highest BCUT2D eigenvalue weighted by molar-refractivity contribution is 6.31. The highest BCUT2D eigenvalue weighted by atomic mass is 35.5. The van der Waals surface area contributed by atoms with Gasteiger partial charge in [0.15, 0.2) is 0 Å². The average Bonchev–Trinajstić information content (AvgIpc) is 3.31. The van der Waals surface area contributed by atoms with Gasteiger partial charge in [0, 0.05) is 49.8 Å². The number of aromatic nitrogens is 1. The number of benzene rings is 2. The van der Waals surface area contributed by atoms with Crippen molar-refractivity contribution in [2.45, 2.75) is 25.3 Å². The Kier molecular flexibility index (Phi) is 7.82. The quantitative estimate of drug-likeness (QED) is 0.433. The molecule has 0 saturated carbocycles. The number of rotatable bonds is 9. The lowest BCUT2D eigenvalue weighted by atomic mass is 9.99. The second-order valence-corrected chi connectivity index (χ2v) is 9.19. The Hall–Kier alpha value is -3.47. The number of nitrogens with zero attached hydrogens (tertiary/aromatic N) is 2. The third kappa shape index (κ3) is 5.04. The van der Waals surface area contributed by atoms with Crippen LogP contribution < -0.4 is 15.1 Å². The van der Waals surface area contributed by atoms with E-state index in [9.17, 15) is 24.6 Å². The van der Waals surface area contributed by atoms with E-state index in [1.54, 1.807) is 17.0 Å². The predicted molar refractivity (Wildman–Crippen MR) is 136 cm³/mol. The molecule has 0 aliphatic carbocycles. The first-order valence-electron chi connectivity index (χ1n) is 11.6. The summed E-state index contributed by atoms with van der Waals surface area (Å²) in [5.41, 5.74) is 0.176. The Labute approximate surface area is 216 Å². The number of aliphatic hydroxyl groups excluding tert-OH is 1. The van der Waals surface area contributed by atoms with Crippen molar-refractivity contribution in [2.24, 2.45) is 0 Å². The van der Waals surface area contributed by atoms with Gasteiger partial charge in [-0.25, -0.2) is 9.18 Å². The van der Waals surface area contributed by atoms with Gasteiger partial charge in [0.05, 0.1) is 36.9 Å². The minimum Gasteiger partial charge on any atom is -0.496 e. The van der Waals surface area contributed by atoms with E-state index in [-0.39, 0.29) is 41.5 Å². The number of carbonyl (C=O) groups is 2. The molecule has 1 aliphatic heterocycles. The molecule has 37 heavy (non-hydrogen) atoms. The van der Waals surface area contributed by atoms with Crippen molar-refractivity contribution >= 4 is 40.1 Å². The molecule has 1 unspecified atom stereocenters. The van der Waals surface area contributed by atoms with Crippen LogP contribution in [-0.4, -0.2) is 60.6 Å². The molecule has 1 atom stereocenters. The number of anilines is 1. The van der Waals surface area contributed by atoms with Crippen LogP contribution in [0.15, 0.2) is 35.3 Å². The summed E-state index contributed by atoms with van der Waals surface area (Å²) < 4.78 is 27.3. The Morgan fingerprint density at radius 2 is 1.95 bits per heavy atom. The lowest BCUT2D eigenvalue weighted by Crippen LogP contribution is -2.25. The molecule has 3 aromatic rings. The smallest absolute Gasteiger partial charge is 0.341 e. The SMILES string of the molecule is COCC(CO)n1cc(C(=O)O)c(=O)c2cc(Cc3cc(N4CCCC4=O)cc(Cl)c3F)c(OC)cc21. The standard InChI is InChI=1S/C26H26ClFN2O7/c1-36-13-17(12-31)30-11-19(26(34)35)25(33)18-8-14(22(37-2)10-21(18)30)6-15-7-16(9-20(27)24(15)28)29-5-3-4-23(29)32/h7-11,17,31H,3-6,12-13H2,1-2H3,(H,34,35). The zero-order valence-electron chi connectivity index (χ0n) is 20.3. The van der Waals surface area contributed by atoms with Crippen molar-refractivity contribution < 1.29 is 33.7 Å². The Morgan fingerprint density at radius 3 is 2.54 bits per heavy atom. The molecular weight excluding hydrogens is 507 g/mol. The highest BCUT2D eigenvalue weighted by Gasteiger charge is 2.25. The maximum absolute atomic E-state index is 15.1. The summed E-state index contributed by atoms with van der Waals surface area (Å²) in [6.45, 7) is 0.189. The molecule has 1 saturated heterocycles. The van der Waals surface area contributed by atoms with Gasteiger partial charge in [-0.3, -0.25) is 9.59 Å². The molecule has 1 amide bonds. The molecular formula is C26H26ClFN2O7. The third-order valence-electron chi connectivity index (χ3n) is 6.48. The van der Waals surface area contributed by atoms with Crippen molar-refractivity contribution in [1.82, 2.24) is 4.57 Å². The van der Waals surface area contributed by atoms with Crippen molar-refractivity contribution in [3.63, 3.8) is 0 Å². The second kappa shape index (κ2) is 10.9. The van der Waals surface area contributed by atoms with Crippen molar-refractivity contribution in [3.8, 4) is 5.75 Å². The second-order valence-electron chi connectivity index (χ2n) is 8.78. The molecule has 1 aliphatic rings. The fraction of sp³-hybridized carbons (Fsp3) is 0.346. The van der Waals surface area contributed by atoms with Crippen LogP contribution in [-0.2, 0) is 16.0 Å². The molecule has 1 aromatic heterocycles. The lowest BCUT2D eigenvalue weighted by molar-refractivity contribution is -0.117. The van der Waals surface area contributed by atoms with Gasteiger partial charge >= 0.3 is 5.97 Å². The number of amides is 1. The number of hydrogen-bond donors (Lipinski definition) is 2. The summed E-state index contributed by atoms with van der Waals surface area (Å²) in [6, 6.07) is 5.28. The number of carbonyl (C=O) groups excluding carboxylic acids is 1. The van der Waals surface area contributed by atoms with Crippen LogP contribution in [0.4, 0.5) is 10.1 Å². The maximum atomic E-state index is 15.1. The van der Waals surface area contributed by atoms with E-state index in [0.29, 0.717) is 41.9 Å². The minimum absolute atomic E-state index is 0.0429. The monoisotopic (exact) mass is 532 g/mol. The van der Waals surface area contributed by atoms with E-state index in [2.05, 4.69) is 0 Å². The Bertz CT molecular complexity index is 1440. The number of methoxy groups -OCH3 is 2. The van der Waals surface area contributed by atoms with E-state index in [4.69, 9.17) is 21.1 Å². The summed E-state index contributed by atoms with van der Waals surface area (Å²) in [4.78, 5) is 38.7. The molecule has 4 rings (SSSR count). The number of aromatic carboxylic acids is 1. The van der Waals surface area contributed by atoms with Gasteiger partial charge in [-0.1, -0.05) is 11.6 Å². The van der Waals surface area contributed by atoms with E-state index in [0.717, 1.165) is 0 Å². The van der Waals surface area contributed by atoms with E-state index < -0.39 is 28.8 Å². The van der Waals surface area contributed by atoms with Crippen LogP contribution in [0.25, 0.3) is 10.9 Å². The summed E-state index contributed by atoms with van der Waals surface area (Å²) >= 11 is 6.16. The zero-order chi connectivity index (χ0) is 26.9. The van der Waals surface area contributed by atoms with Crippen LogP contribution in [0.1, 0.15) is 40.4 Å². The molecule has 2 heterocycles. The number of hydrogen-bond acceptors (Lipinski definition) is 6. The molecule has 2 aromatic carbocycles. The molecule has 11 heteroatoms. The molecule has 2 N–H and O–H groups in total. The zero-order valence-corrected chi connectivity index (χ0v) is 21.0. The van der Waals surface area contributed by atoms with Gasteiger partial charge in [-0.15, -0.1) is 0 Å². The first kappa shape index (κ1) is 26.6. The maximum Gasteiger partial charge on any atom is 0.341 e. The Balaban J connectivity index is 1.90. The van der Waals surface area contributed by atoms with Gasteiger partial charge < -0.3 is 29.2 Å². The number of halogens is 2. The summed E-state index contributed by atoms with van der Waals surface area (Å²) in [5, 5.41) is 19.4. The van der Waals surface area contributed by atoms with Crippen molar-refractivity contribution in [1.29, 1.82) is 0 Å². The van der Waals surface area contributed by atoms with Crippen LogP contribution >= 0.6 is 11.6 Å². The summed E-state index contributed by atoms with van der Waals surface area (Å²) in [6.07, 6.45) is 2.22. The predicted octanol–water partition coefficient (Wildman–Crippen LogP) is 3.40. The molecule has 0 radical (unpaired) electrons. The fourth-order valence-corrected chi connectivity index (χ4v) is 4.89. The van der Waals surface area contributed by atoms with Gasteiger partial charge in [0.1, 0.15) is 17.1 Å². The fourth-order valence-electron chi connectivity index (χ4n) is 4.66. The summed E-state index contributed by atoms with van der Waals surface area (Å²) in [5.74, 6) is -1.85. The van der Waals surface area contributed by atoms with Crippen molar-refractivity contribution in [3.05, 3.63) is 68.2 Å². The molecule has 1 fully saturated rings. The number of pyridine rings is 1. The molecule has 196 valence electrons.